The van der Waals surface area contributed by atoms with E-state index in [0.717, 1.165) is 22.0 Å². The minimum absolute atomic E-state index is 0.0255. The highest BCUT2D eigenvalue weighted by Crippen LogP contribution is 2.34. The summed E-state index contributed by atoms with van der Waals surface area (Å²) in [5.74, 6) is -0.535. The number of nitrogens with one attached hydrogen (secondary N) is 1. The smallest absolute Gasteiger partial charge is 0.306 e. The van der Waals surface area contributed by atoms with Gasteiger partial charge in [-0.2, -0.15) is 0 Å². The number of aromatic amines is 1. The number of para-hydroxylation sites is 1. The molecule has 1 aromatic heterocycles. The fraction of sp³-hybridized carbons (Fsp3) is 0.211. The maximum absolute atomic E-state index is 12.1. The van der Waals surface area contributed by atoms with Crippen molar-refractivity contribution in [3.05, 3.63) is 76.0 Å². The molecule has 0 bridgehead atoms. The Bertz CT molecular complexity index is 899. The van der Waals surface area contributed by atoms with Crippen molar-refractivity contribution in [3.63, 3.8) is 0 Å². The molecule has 3 rings (SSSR count). The van der Waals surface area contributed by atoms with Gasteiger partial charge >= 0.3 is 5.97 Å². The van der Waals surface area contributed by atoms with E-state index in [2.05, 4.69) is 4.98 Å². The second-order valence-corrected chi connectivity index (χ2v) is 5.70. The second-order valence-electron chi connectivity index (χ2n) is 5.70. The molecule has 0 saturated heterocycles. The van der Waals surface area contributed by atoms with Crippen LogP contribution in [0.1, 0.15) is 30.4 Å². The normalized spacial score (nSPS) is 12.0. The number of fused-ring (bicyclic) bond motifs is 1. The fourth-order valence-corrected chi connectivity index (χ4v) is 3.00. The minimum Gasteiger partial charge on any atom is -0.466 e. The number of rotatable bonds is 6. The lowest BCUT2D eigenvalue weighted by Gasteiger charge is -2.16. The third-order valence-corrected chi connectivity index (χ3v) is 4.18. The minimum atomic E-state index is -0.435. The maximum atomic E-state index is 12.1. The Labute approximate surface area is 144 Å². The Morgan fingerprint density at radius 3 is 2.60 bits per heavy atom. The lowest BCUT2D eigenvalue weighted by molar-refractivity contribution is -0.384. The van der Waals surface area contributed by atoms with E-state index in [-0.39, 0.29) is 24.0 Å². The molecular formula is C19H18N2O4. The Morgan fingerprint density at radius 1 is 1.20 bits per heavy atom. The number of benzene rings is 2. The van der Waals surface area contributed by atoms with Crippen molar-refractivity contribution < 1.29 is 14.5 Å². The molecule has 1 N–H and O–H groups in total. The average Bonchev–Trinajstić information content (AvgIpc) is 3.04. The van der Waals surface area contributed by atoms with Crippen molar-refractivity contribution in [2.24, 2.45) is 0 Å². The van der Waals surface area contributed by atoms with E-state index < -0.39 is 4.92 Å². The highest BCUT2D eigenvalue weighted by molar-refractivity contribution is 5.85. The number of hydrogen-bond acceptors (Lipinski definition) is 4. The summed E-state index contributed by atoms with van der Waals surface area (Å²) in [4.78, 5) is 25.7. The van der Waals surface area contributed by atoms with Gasteiger partial charge in [-0.15, -0.1) is 0 Å². The molecule has 1 heterocycles. The van der Waals surface area contributed by atoms with Crippen molar-refractivity contribution in [2.75, 3.05) is 6.61 Å². The first-order valence-corrected chi connectivity index (χ1v) is 8.06. The summed E-state index contributed by atoms with van der Waals surface area (Å²) in [5, 5.41) is 11.9. The van der Waals surface area contributed by atoms with Gasteiger partial charge in [0, 0.05) is 35.2 Å². The molecular weight excluding hydrogens is 320 g/mol. The van der Waals surface area contributed by atoms with E-state index in [1.807, 2.05) is 30.5 Å². The van der Waals surface area contributed by atoms with Gasteiger partial charge < -0.3 is 9.72 Å². The summed E-state index contributed by atoms with van der Waals surface area (Å²) in [7, 11) is 0. The number of carbonyl (C=O) groups excluding carboxylic acids is 1. The molecule has 6 nitrogen and oxygen atoms in total. The monoisotopic (exact) mass is 338 g/mol. The zero-order valence-electron chi connectivity index (χ0n) is 13.8. The second kappa shape index (κ2) is 7.17. The van der Waals surface area contributed by atoms with E-state index in [4.69, 9.17) is 4.74 Å². The van der Waals surface area contributed by atoms with Gasteiger partial charge in [0.1, 0.15) is 0 Å². The highest BCUT2D eigenvalue weighted by atomic mass is 16.6. The Hall–Kier alpha value is -3.15. The van der Waals surface area contributed by atoms with Crippen LogP contribution in [0.2, 0.25) is 0 Å². The molecule has 0 aliphatic rings. The number of nitro groups is 1. The van der Waals surface area contributed by atoms with E-state index in [0.29, 0.717) is 6.61 Å². The van der Waals surface area contributed by atoms with Crippen LogP contribution >= 0.6 is 0 Å². The average molecular weight is 338 g/mol. The molecule has 0 radical (unpaired) electrons. The number of non-ortho nitro benzene ring substituents is 1. The molecule has 0 aliphatic carbocycles. The van der Waals surface area contributed by atoms with Crippen LogP contribution < -0.4 is 0 Å². The first kappa shape index (κ1) is 16.7. The number of nitro benzene ring substituents is 1. The third kappa shape index (κ3) is 3.52. The predicted molar refractivity (Wildman–Crippen MR) is 94.5 cm³/mol. The standard InChI is InChI=1S/C19H18N2O4/c1-2-25-19(22)11-16(13-7-9-14(10-8-13)21(23)24)17-12-20-18-6-4-3-5-15(17)18/h3-10,12,16,20H,2,11H2,1H3. The predicted octanol–water partition coefficient (Wildman–Crippen LogP) is 4.16. The Morgan fingerprint density at radius 2 is 1.92 bits per heavy atom. The van der Waals surface area contributed by atoms with Crippen molar-refractivity contribution in [1.29, 1.82) is 0 Å². The van der Waals surface area contributed by atoms with Crippen LogP contribution in [0.25, 0.3) is 10.9 Å². The number of esters is 1. The SMILES string of the molecule is CCOC(=O)CC(c1ccc([N+](=O)[O-])cc1)c1c[nH]c2ccccc12. The van der Waals surface area contributed by atoms with E-state index in [1.165, 1.54) is 12.1 Å². The number of nitrogens with zero attached hydrogens (tertiary/aromatic N) is 1. The third-order valence-electron chi connectivity index (χ3n) is 4.18. The summed E-state index contributed by atoms with van der Waals surface area (Å²) in [5.41, 5.74) is 2.81. The summed E-state index contributed by atoms with van der Waals surface area (Å²) < 4.78 is 5.11. The largest absolute Gasteiger partial charge is 0.466 e. The van der Waals surface area contributed by atoms with Crippen LogP contribution in [0.3, 0.4) is 0 Å². The fourth-order valence-electron chi connectivity index (χ4n) is 3.00. The molecule has 0 aliphatic heterocycles. The molecule has 128 valence electrons. The lowest BCUT2D eigenvalue weighted by Crippen LogP contribution is -2.11. The van der Waals surface area contributed by atoms with Crippen LogP contribution in [-0.2, 0) is 9.53 Å². The van der Waals surface area contributed by atoms with Crippen molar-refractivity contribution in [1.82, 2.24) is 4.98 Å². The van der Waals surface area contributed by atoms with E-state index in [1.54, 1.807) is 19.1 Å². The van der Waals surface area contributed by atoms with Gasteiger partial charge in [-0.05, 0) is 24.1 Å². The van der Waals surface area contributed by atoms with Crippen LogP contribution in [0.4, 0.5) is 5.69 Å². The maximum Gasteiger partial charge on any atom is 0.306 e. The highest BCUT2D eigenvalue weighted by Gasteiger charge is 2.22. The van der Waals surface area contributed by atoms with Gasteiger partial charge in [0.2, 0.25) is 0 Å². The molecule has 1 atom stereocenters. The van der Waals surface area contributed by atoms with Crippen molar-refractivity contribution in [3.8, 4) is 0 Å². The first-order valence-electron chi connectivity index (χ1n) is 8.06. The molecule has 0 saturated carbocycles. The summed E-state index contributed by atoms with van der Waals surface area (Å²) in [6.45, 7) is 2.09. The molecule has 0 spiro atoms. The van der Waals surface area contributed by atoms with Crippen molar-refractivity contribution in [2.45, 2.75) is 19.3 Å². The van der Waals surface area contributed by atoms with Gasteiger partial charge in [0.15, 0.2) is 0 Å². The Balaban J connectivity index is 2.03. The van der Waals surface area contributed by atoms with E-state index in [9.17, 15) is 14.9 Å². The van der Waals surface area contributed by atoms with Gasteiger partial charge in [0.05, 0.1) is 18.0 Å². The number of H-pyrrole nitrogens is 1. The first-order chi connectivity index (χ1) is 12.1. The van der Waals surface area contributed by atoms with Crippen molar-refractivity contribution >= 4 is 22.6 Å². The summed E-state index contributed by atoms with van der Waals surface area (Å²) >= 11 is 0. The number of hydrogen-bond donors (Lipinski definition) is 1. The summed E-state index contributed by atoms with van der Waals surface area (Å²) in [6, 6.07) is 14.2. The van der Waals surface area contributed by atoms with Gasteiger partial charge in [-0.1, -0.05) is 30.3 Å². The zero-order chi connectivity index (χ0) is 17.8. The molecule has 0 fully saturated rings. The molecule has 2 aromatic carbocycles. The lowest BCUT2D eigenvalue weighted by atomic mass is 9.88. The summed E-state index contributed by atoms with van der Waals surface area (Å²) in [6.07, 6.45) is 2.06. The number of ether oxygens (including phenoxy) is 1. The van der Waals surface area contributed by atoms with Crippen LogP contribution in [-0.4, -0.2) is 22.5 Å². The van der Waals surface area contributed by atoms with Crippen LogP contribution in [0.15, 0.2) is 54.7 Å². The van der Waals surface area contributed by atoms with Gasteiger partial charge in [0.25, 0.3) is 5.69 Å². The van der Waals surface area contributed by atoms with Crippen LogP contribution in [0.5, 0.6) is 0 Å². The molecule has 3 aromatic rings. The number of carbonyl (C=O) groups is 1. The zero-order valence-corrected chi connectivity index (χ0v) is 13.8. The molecule has 0 amide bonds. The topological polar surface area (TPSA) is 85.2 Å². The molecule has 25 heavy (non-hydrogen) atoms. The van der Waals surface area contributed by atoms with Gasteiger partial charge in [-0.3, -0.25) is 14.9 Å². The quantitative estimate of drug-likeness (QED) is 0.415. The Kier molecular flexibility index (Phi) is 4.79. The number of aromatic nitrogens is 1. The van der Waals surface area contributed by atoms with Crippen LogP contribution in [0, 0.1) is 10.1 Å². The molecule has 1 unspecified atom stereocenters. The molecule has 6 heteroatoms. The van der Waals surface area contributed by atoms with E-state index >= 15 is 0 Å². The van der Waals surface area contributed by atoms with Gasteiger partial charge in [-0.25, -0.2) is 0 Å².